The van der Waals surface area contributed by atoms with Crippen molar-refractivity contribution < 1.29 is 4.79 Å². The zero-order valence-corrected chi connectivity index (χ0v) is 12.4. The molecule has 0 radical (unpaired) electrons. The SMILES string of the molecule is Cc1ccc(NC(=O)c2cn(C)nc2C)cc1C#CCN. The molecule has 0 spiro atoms. The number of benzene rings is 1. The summed E-state index contributed by atoms with van der Waals surface area (Å²) in [6.45, 7) is 4.09. The number of amides is 1. The van der Waals surface area contributed by atoms with Crippen LogP contribution in [0.4, 0.5) is 5.69 Å². The second-order valence-electron chi connectivity index (χ2n) is 4.79. The van der Waals surface area contributed by atoms with Gasteiger partial charge >= 0.3 is 0 Å². The van der Waals surface area contributed by atoms with E-state index in [0.29, 0.717) is 23.5 Å². The largest absolute Gasteiger partial charge is 0.322 e. The van der Waals surface area contributed by atoms with Crippen LogP contribution in [-0.2, 0) is 7.05 Å². The lowest BCUT2D eigenvalue weighted by Gasteiger charge is -2.06. The summed E-state index contributed by atoms with van der Waals surface area (Å²) in [6.07, 6.45) is 1.70. The summed E-state index contributed by atoms with van der Waals surface area (Å²) in [7, 11) is 1.79. The van der Waals surface area contributed by atoms with Crippen LogP contribution in [-0.4, -0.2) is 22.2 Å². The second-order valence-corrected chi connectivity index (χ2v) is 4.79. The molecule has 0 aliphatic heterocycles. The van der Waals surface area contributed by atoms with Crippen molar-refractivity contribution in [2.24, 2.45) is 12.8 Å². The van der Waals surface area contributed by atoms with E-state index in [1.54, 1.807) is 17.9 Å². The van der Waals surface area contributed by atoms with Gasteiger partial charge in [-0.15, -0.1) is 0 Å². The number of nitrogens with two attached hydrogens (primary N) is 1. The molecule has 1 aromatic carbocycles. The van der Waals surface area contributed by atoms with E-state index in [2.05, 4.69) is 22.3 Å². The summed E-state index contributed by atoms with van der Waals surface area (Å²) in [5.41, 5.74) is 9.26. The molecule has 0 bridgehead atoms. The molecule has 1 heterocycles. The van der Waals surface area contributed by atoms with Gasteiger partial charge in [-0.05, 0) is 31.5 Å². The third-order valence-electron chi connectivity index (χ3n) is 3.08. The minimum absolute atomic E-state index is 0.179. The van der Waals surface area contributed by atoms with Crippen molar-refractivity contribution in [2.75, 3.05) is 11.9 Å². The molecular formula is C16H18N4O. The Kier molecular flexibility index (Phi) is 4.41. The summed E-state index contributed by atoms with van der Waals surface area (Å²) in [5.74, 6) is 5.64. The number of carbonyl (C=O) groups is 1. The van der Waals surface area contributed by atoms with Crippen molar-refractivity contribution in [3.05, 3.63) is 46.8 Å². The van der Waals surface area contributed by atoms with Gasteiger partial charge in [0, 0.05) is 24.5 Å². The summed E-state index contributed by atoms with van der Waals surface area (Å²) >= 11 is 0. The number of carbonyl (C=O) groups excluding carboxylic acids is 1. The van der Waals surface area contributed by atoms with Gasteiger partial charge in [0.2, 0.25) is 0 Å². The molecule has 1 amide bonds. The van der Waals surface area contributed by atoms with E-state index in [1.165, 1.54) is 0 Å². The maximum absolute atomic E-state index is 12.2. The first kappa shape index (κ1) is 14.8. The van der Waals surface area contributed by atoms with E-state index >= 15 is 0 Å². The molecule has 0 aliphatic carbocycles. The number of anilines is 1. The van der Waals surface area contributed by atoms with Crippen LogP contribution >= 0.6 is 0 Å². The summed E-state index contributed by atoms with van der Waals surface area (Å²) in [6, 6.07) is 5.63. The van der Waals surface area contributed by atoms with Gasteiger partial charge in [-0.1, -0.05) is 17.9 Å². The molecule has 5 nitrogen and oxygen atoms in total. The average molecular weight is 282 g/mol. The van der Waals surface area contributed by atoms with Crippen LogP contribution in [0.3, 0.4) is 0 Å². The minimum atomic E-state index is -0.179. The third-order valence-corrected chi connectivity index (χ3v) is 3.08. The number of rotatable bonds is 2. The molecule has 108 valence electrons. The van der Waals surface area contributed by atoms with Crippen molar-refractivity contribution in [3.63, 3.8) is 0 Å². The highest BCUT2D eigenvalue weighted by Crippen LogP contribution is 2.16. The lowest BCUT2D eigenvalue weighted by Crippen LogP contribution is -2.12. The van der Waals surface area contributed by atoms with Crippen LogP contribution in [0.25, 0.3) is 0 Å². The van der Waals surface area contributed by atoms with Crippen molar-refractivity contribution in [1.82, 2.24) is 9.78 Å². The topological polar surface area (TPSA) is 72.9 Å². The maximum atomic E-state index is 12.2. The third kappa shape index (κ3) is 3.50. The normalized spacial score (nSPS) is 9.90. The predicted octanol–water partition coefficient (Wildman–Crippen LogP) is 1.60. The quantitative estimate of drug-likeness (QED) is 0.822. The molecule has 0 atom stereocenters. The zero-order valence-electron chi connectivity index (χ0n) is 12.4. The molecule has 2 aromatic rings. The van der Waals surface area contributed by atoms with Crippen molar-refractivity contribution in [3.8, 4) is 11.8 Å². The van der Waals surface area contributed by atoms with Crippen LogP contribution < -0.4 is 11.1 Å². The first-order valence-corrected chi connectivity index (χ1v) is 6.62. The first-order chi connectivity index (χ1) is 10.0. The lowest BCUT2D eigenvalue weighted by molar-refractivity contribution is 0.102. The molecule has 0 saturated carbocycles. The molecule has 0 saturated heterocycles. The molecule has 21 heavy (non-hydrogen) atoms. The Hall–Kier alpha value is -2.58. The number of nitrogens with zero attached hydrogens (tertiary/aromatic N) is 2. The number of nitrogens with one attached hydrogen (secondary N) is 1. The van der Waals surface area contributed by atoms with E-state index in [0.717, 1.165) is 11.1 Å². The first-order valence-electron chi connectivity index (χ1n) is 6.62. The Balaban J connectivity index is 2.23. The second kappa shape index (κ2) is 6.25. The monoisotopic (exact) mass is 282 g/mol. The fourth-order valence-electron chi connectivity index (χ4n) is 2.00. The molecule has 1 aromatic heterocycles. The zero-order chi connectivity index (χ0) is 15.4. The van der Waals surface area contributed by atoms with E-state index in [1.807, 2.05) is 32.0 Å². The molecule has 0 unspecified atom stereocenters. The highest BCUT2D eigenvalue weighted by Gasteiger charge is 2.12. The number of hydrogen-bond acceptors (Lipinski definition) is 3. The van der Waals surface area contributed by atoms with Crippen LogP contribution in [0.2, 0.25) is 0 Å². The number of aryl methyl sites for hydroxylation is 3. The molecule has 0 fully saturated rings. The number of aromatic nitrogens is 2. The Morgan fingerprint density at radius 1 is 1.43 bits per heavy atom. The van der Waals surface area contributed by atoms with E-state index in [-0.39, 0.29) is 5.91 Å². The van der Waals surface area contributed by atoms with Crippen LogP contribution in [0.15, 0.2) is 24.4 Å². The Labute approximate surface area is 124 Å². The van der Waals surface area contributed by atoms with Gasteiger partial charge in [0.05, 0.1) is 17.8 Å². The van der Waals surface area contributed by atoms with E-state index in [4.69, 9.17) is 5.73 Å². The standard InChI is InChI=1S/C16H18N4O/c1-11-6-7-14(9-13(11)5-4-8-17)18-16(21)15-10-20(3)19-12(15)2/h6-7,9-10H,8,17H2,1-3H3,(H,18,21). The maximum Gasteiger partial charge on any atom is 0.259 e. The molecular weight excluding hydrogens is 264 g/mol. The van der Waals surface area contributed by atoms with Crippen LogP contribution in [0.5, 0.6) is 0 Å². The van der Waals surface area contributed by atoms with Gasteiger partial charge in [0.1, 0.15) is 0 Å². The molecule has 5 heteroatoms. The lowest BCUT2D eigenvalue weighted by atomic mass is 10.1. The highest BCUT2D eigenvalue weighted by molar-refractivity contribution is 6.04. The van der Waals surface area contributed by atoms with Crippen molar-refractivity contribution in [2.45, 2.75) is 13.8 Å². The molecule has 3 N–H and O–H groups in total. The fraction of sp³-hybridized carbons (Fsp3) is 0.250. The molecule has 2 rings (SSSR count). The average Bonchev–Trinajstić information content (AvgIpc) is 2.78. The van der Waals surface area contributed by atoms with Gasteiger partial charge in [0.25, 0.3) is 5.91 Å². The van der Waals surface area contributed by atoms with Gasteiger partial charge < -0.3 is 11.1 Å². The predicted molar refractivity (Wildman–Crippen MR) is 83.0 cm³/mol. The van der Waals surface area contributed by atoms with E-state index < -0.39 is 0 Å². The van der Waals surface area contributed by atoms with Gasteiger partial charge in [0.15, 0.2) is 0 Å². The summed E-state index contributed by atoms with van der Waals surface area (Å²) in [4.78, 5) is 12.2. The van der Waals surface area contributed by atoms with Crippen molar-refractivity contribution >= 4 is 11.6 Å². The number of hydrogen-bond donors (Lipinski definition) is 2. The summed E-state index contributed by atoms with van der Waals surface area (Å²) < 4.78 is 1.62. The fourth-order valence-corrected chi connectivity index (χ4v) is 2.00. The van der Waals surface area contributed by atoms with Gasteiger partial charge in [-0.25, -0.2) is 0 Å². The molecule has 0 aliphatic rings. The Morgan fingerprint density at radius 2 is 2.19 bits per heavy atom. The van der Waals surface area contributed by atoms with Gasteiger partial charge in [-0.2, -0.15) is 5.10 Å². The Morgan fingerprint density at radius 3 is 2.81 bits per heavy atom. The smallest absolute Gasteiger partial charge is 0.259 e. The summed E-state index contributed by atoms with van der Waals surface area (Å²) in [5, 5.41) is 7.03. The minimum Gasteiger partial charge on any atom is -0.322 e. The van der Waals surface area contributed by atoms with E-state index in [9.17, 15) is 4.79 Å². The highest BCUT2D eigenvalue weighted by atomic mass is 16.1. The van der Waals surface area contributed by atoms with Crippen molar-refractivity contribution in [1.29, 1.82) is 0 Å². The Bertz CT molecular complexity index is 734. The van der Waals surface area contributed by atoms with Crippen LogP contribution in [0.1, 0.15) is 27.2 Å². The van der Waals surface area contributed by atoms with Gasteiger partial charge in [-0.3, -0.25) is 9.48 Å². The van der Waals surface area contributed by atoms with Crippen LogP contribution in [0, 0.1) is 25.7 Å².